The molecule has 2 fully saturated rings. The molecule has 2 saturated heterocycles. The highest BCUT2D eigenvalue weighted by atomic mass is 16.5. The summed E-state index contributed by atoms with van der Waals surface area (Å²) in [7, 11) is 1.81. The zero-order chi connectivity index (χ0) is 23.1. The van der Waals surface area contributed by atoms with E-state index in [9.17, 15) is 0 Å². The van der Waals surface area contributed by atoms with Gasteiger partial charge in [-0.15, -0.1) is 0 Å². The summed E-state index contributed by atoms with van der Waals surface area (Å²) < 4.78 is 17.6. The van der Waals surface area contributed by atoms with Gasteiger partial charge in [-0.1, -0.05) is 12.1 Å². The maximum atomic E-state index is 6.18. The first kappa shape index (κ1) is 24.8. The fraction of sp³-hybridized carbons (Fsp3) is 0.720. The van der Waals surface area contributed by atoms with Crippen molar-refractivity contribution in [1.29, 1.82) is 0 Å². The summed E-state index contributed by atoms with van der Waals surface area (Å²) in [4.78, 5) is 6.94. The molecule has 3 rings (SSSR count). The third-order valence-corrected chi connectivity index (χ3v) is 6.36. The Hall–Kier alpha value is -1.83. The molecule has 32 heavy (non-hydrogen) atoms. The minimum Gasteiger partial charge on any atom is -0.493 e. The number of aryl methyl sites for hydroxylation is 1. The SMILES string of the molecule is CN=C(NCc1ccc(C)cc1OCC1CCOC1)NCC(C)(C)N1CC(C)OC(C)C1. The Kier molecular flexibility index (Phi) is 8.79. The highest BCUT2D eigenvalue weighted by Crippen LogP contribution is 2.23. The van der Waals surface area contributed by atoms with Gasteiger partial charge < -0.3 is 24.8 Å². The minimum absolute atomic E-state index is 0.00853. The summed E-state index contributed by atoms with van der Waals surface area (Å²) in [6, 6.07) is 6.38. The normalized spacial score (nSPS) is 25.1. The highest BCUT2D eigenvalue weighted by molar-refractivity contribution is 5.79. The second-order valence-corrected chi connectivity index (χ2v) is 9.91. The number of hydrogen-bond donors (Lipinski definition) is 2. The van der Waals surface area contributed by atoms with E-state index in [-0.39, 0.29) is 17.7 Å². The maximum Gasteiger partial charge on any atom is 0.191 e. The van der Waals surface area contributed by atoms with Gasteiger partial charge in [0.15, 0.2) is 5.96 Å². The average Bonchev–Trinajstić information content (AvgIpc) is 3.26. The van der Waals surface area contributed by atoms with Crippen molar-refractivity contribution in [3.63, 3.8) is 0 Å². The van der Waals surface area contributed by atoms with Crippen molar-refractivity contribution in [2.75, 3.05) is 46.5 Å². The van der Waals surface area contributed by atoms with Crippen molar-refractivity contribution in [3.8, 4) is 5.75 Å². The quantitative estimate of drug-likeness (QED) is 0.473. The third kappa shape index (κ3) is 7.09. The molecule has 0 amide bonds. The zero-order valence-electron chi connectivity index (χ0n) is 20.7. The Bertz CT molecular complexity index is 752. The summed E-state index contributed by atoms with van der Waals surface area (Å²) in [5.74, 6) is 2.22. The highest BCUT2D eigenvalue weighted by Gasteiger charge is 2.33. The van der Waals surface area contributed by atoms with Gasteiger partial charge in [-0.05, 0) is 52.7 Å². The van der Waals surface area contributed by atoms with E-state index in [1.165, 1.54) is 5.56 Å². The molecule has 0 bridgehead atoms. The molecule has 2 aliphatic heterocycles. The Morgan fingerprint density at radius 2 is 1.97 bits per heavy atom. The summed E-state index contributed by atoms with van der Waals surface area (Å²) >= 11 is 0. The van der Waals surface area contributed by atoms with Crippen LogP contribution >= 0.6 is 0 Å². The van der Waals surface area contributed by atoms with Gasteiger partial charge in [-0.3, -0.25) is 9.89 Å². The molecule has 1 aromatic rings. The van der Waals surface area contributed by atoms with Crippen molar-refractivity contribution < 1.29 is 14.2 Å². The van der Waals surface area contributed by atoms with Crippen LogP contribution in [-0.2, 0) is 16.0 Å². The van der Waals surface area contributed by atoms with E-state index >= 15 is 0 Å². The maximum absolute atomic E-state index is 6.18. The fourth-order valence-electron chi connectivity index (χ4n) is 4.35. The lowest BCUT2D eigenvalue weighted by atomic mass is 10.00. The van der Waals surface area contributed by atoms with Gasteiger partial charge in [-0.2, -0.15) is 0 Å². The molecule has 2 heterocycles. The van der Waals surface area contributed by atoms with Gasteiger partial charge in [0.1, 0.15) is 5.75 Å². The molecule has 1 aromatic carbocycles. The standard InChI is InChI=1S/C25H42N4O3/c1-18-7-8-22(23(11-18)31-16-21-9-10-30-15-21)12-27-24(26-6)28-17-25(4,5)29-13-19(2)32-20(3)14-29/h7-8,11,19-21H,9-10,12-17H2,1-6H3,(H2,26,27,28). The first-order valence-corrected chi connectivity index (χ1v) is 11.9. The second kappa shape index (κ2) is 11.3. The number of ether oxygens (including phenoxy) is 3. The van der Waals surface area contributed by atoms with Gasteiger partial charge >= 0.3 is 0 Å². The lowest BCUT2D eigenvalue weighted by Gasteiger charge is -2.45. The molecule has 0 radical (unpaired) electrons. The Morgan fingerprint density at radius 3 is 2.62 bits per heavy atom. The summed E-state index contributed by atoms with van der Waals surface area (Å²) in [5, 5.41) is 6.97. The molecular weight excluding hydrogens is 404 g/mol. The van der Waals surface area contributed by atoms with Crippen LogP contribution in [0.1, 0.15) is 45.2 Å². The number of hydrogen-bond acceptors (Lipinski definition) is 5. The van der Waals surface area contributed by atoms with Crippen LogP contribution in [0.4, 0.5) is 0 Å². The topological polar surface area (TPSA) is 67.4 Å². The number of guanidine groups is 1. The minimum atomic E-state index is -0.00853. The van der Waals surface area contributed by atoms with Crippen LogP contribution in [0.5, 0.6) is 5.75 Å². The van der Waals surface area contributed by atoms with Crippen molar-refractivity contribution in [1.82, 2.24) is 15.5 Å². The van der Waals surface area contributed by atoms with E-state index in [1.54, 1.807) is 0 Å². The first-order valence-electron chi connectivity index (χ1n) is 11.9. The largest absolute Gasteiger partial charge is 0.493 e. The van der Waals surface area contributed by atoms with Crippen LogP contribution in [0.2, 0.25) is 0 Å². The Morgan fingerprint density at radius 1 is 1.22 bits per heavy atom. The van der Waals surface area contributed by atoms with E-state index in [0.717, 1.165) is 56.5 Å². The predicted molar refractivity (Wildman–Crippen MR) is 129 cm³/mol. The molecule has 0 spiro atoms. The van der Waals surface area contributed by atoms with E-state index in [2.05, 4.69) is 73.3 Å². The lowest BCUT2D eigenvalue weighted by Crippen LogP contribution is -2.59. The molecule has 0 aromatic heterocycles. The summed E-state index contributed by atoms with van der Waals surface area (Å²) in [6.07, 6.45) is 1.59. The molecule has 3 unspecified atom stereocenters. The summed E-state index contributed by atoms with van der Waals surface area (Å²) in [5.41, 5.74) is 2.32. The molecule has 2 aliphatic rings. The molecule has 0 aliphatic carbocycles. The van der Waals surface area contributed by atoms with E-state index in [0.29, 0.717) is 19.1 Å². The zero-order valence-corrected chi connectivity index (χ0v) is 20.7. The molecule has 180 valence electrons. The van der Waals surface area contributed by atoms with Gasteiger partial charge in [0.25, 0.3) is 0 Å². The molecule has 7 heteroatoms. The lowest BCUT2D eigenvalue weighted by molar-refractivity contribution is -0.0946. The van der Waals surface area contributed by atoms with Crippen LogP contribution in [0, 0.1) is 12.8 Å². The fourth-order valence-corrected chi connectivity index (χ4v) is 4.35. The van der Waals surface area contributed by atoms with Crippen molar-refractivity contribution in [2.24, 2.45) is 10.9 Å². The van der Waals surface area contributed by atoms with Crippen LogP contribution in [-0.4, -0.2) is 75.1 Å². The van der Waals surface area contributed by atoms with Crippen molar-refractivity contribution >= 4 is 5.96 Å². The van der Waals surface area contributed by atoms with E-state index in [4.69, 9.17) is 14.2 Å². The molecule has 3 atom stereocenters. The van der Waals surface area contributed by atoms with Crippen LogP contribution in [0.25, 0.3) is 0 Å². The van der Waals surface area contributed by atoms with Crippen LogP contribution < -0.4 is 15.4 Å². The monoisotopic (exact) mass is 446 g/mol. The van der Waals surface area contributed by atoms with Crippen LogP contribution in [0.15, 0.2) is 23.2 Å². The van der Waals surface area contributed by atoms with Gasteiger partial charge in [-0.25, -0.2) is 0 Å². The number of morpholine rings is 1. The smallest absolute Gasteiger partial charge is 0.191 e. The number of nitrogens with one attached hydrogen (secondary N) is 2. The number of nitrogens with zero attached hydrogens (tertiary/aromatic N) is 2. The van der Waals surface area contributed by atoms with Gasteiger partial charge in [0.05, 0.1) is 25.4 Å². The van der Waals surface area contributed by atoms with Crippen molar-refractivity contribution in [2.45, 2.75) is 65.3 Å². The average molecular weight is 447 g/mol. The summed E-state index contributed by atoms with van der Waals surface area (Å²) in [6.45, 7) is 16.6. The van der Waals surface area contributed by atoms with Crippen molar-refractivity contribution in [3.05, 3.63) is 29.3 Å². The van der Waals surface area contributed by atoms with E-state index in [1.807, 2.05) is 7.05 Å². The van der Waals surface area contributed by atoms with Gasteiger partial charge in [0.2, 0.25) is 0 Å². The van der Waals surface area contributed by atoms with Gasteiger partial charge in [0, 0.05) is 56.9 Å². The molecular formula is C25H42N4O3. The first-order chi connectivity index (χ1) is 15.3. The Balaban J connectivity index is 1.53. The Labute approximate surface area is 193 Å². The van der Waals surface area contributed by atoms with E-state index < -0.39 is 0 Å². The molecule has 0 saturated carbocycles. The van der Waals surface area contributed by atoms with Crippen LogP contribution in [0.3, 0.4) is 0 Å². The second-order valence-electron chi connectivity index (χ2n) is 9.91. The number of benzene rings is 1. The predicted octanol–water partition coefficient (Wildman–Crippen LogP) is 2.96. The third-order valence-electron chi connectivity index (χ3n) is 6.36. The molecule has 7 nitrogen and oxygen atoms in total. The number of aliphatic imine (C=N–C) groups is 1. The number of rotatable bonds is 8. The molecule has 2 N–H and O–H groups in total.